The monoisotopic (exact) mass is 183 g/mol. The minimum absolute atomic E-state index is 1.10. The first-order valence-electron chi connectivity index (χ1n) is 5.01. The van der Waals surface area contributed by atoms with E-state index in [1.165, 1.54) is 28.1 Å². The molecule has 70 valence electrons. The molecule has 0 spiro atoms. The number of nitrogens with zero attached hydrogens (tertiary/aromatic N) is 1. The van der Waals surface area contributed by atoms with E-state index in [1.807, 2.05) is 0 Å². The van der Waals surface area contributed by atoms with Gasteiger partial charge in [0.1, 0.15) is 0 Å². The summed E-state index contributed by atoms with van der Waals surface area (Å²) < 4.78 is 2.29. The standard InChI is InChI=1S/C13H13N/c1-9-7-11-8-10-5-3-4-6-12(10)13(11)14(9)2/h3-7H,8H2,1-2H3. The van der Waals surface area contributed by atoms with Crippen molar-refractivity contribution in [2.45, 2.75) is 13.3 Å². The topological polar surface area (TPSA) is 4.93 Å². The van der Waals surface area contributed by atoms with Crippen molar-refractivity contribution in [1.29, 1.82) is 0 Å². The fourth-order valence-electron chi connectivity index (χ4n) is 2.41. The number of hydrogen-bond donors (Lipinski definition) is 0. The predicted octanol–water partition coefficient (Wildman–Crippen LogP) is 2.90. The number of fused-ring (bicyclic) bond motifs is 3. The zero-order chi connectivity index (χ0) is 9.71. The quantitative estimate of drug-likeness (QED) is 0.505. The van der Waals surface area contributed by atoms with Crippen LogP contribution in [0.1, 0.15) is 16.8 Å². The second-order valence-electron chi connectivity index (χ2n) is 4.05. The van der Waals surface area contributed by atoms with Crippen LogP contribution < -0.4 is 0 Å². The molecule has 1 heteroatoms. The zero-order valence-electron chi connectivity index (χ0n) is 8.54. The van der Waals surface area contributed by atoms with Gasteiger partial charge in [0.05, 0.1) is 5.69 Å². The van der Waals surface area contributed by atoms with E-state index in [4.69, 9.17) is 0 Å². The lowest BCUT2D eigenvalue weighted by atomic mass is 10.1. The third kappa shape index (κ3) is 0.844. The molecule has 1 nitrogen and oxygen atoms in total. The van der Waals surface area contributed by atoms with Crippen LogP contribution in [0.2, 0.25) is 0 Å². The molecule has 0 unspecified atom stereocenters. The summed E-state index contributed by atoms with van der Waals surface area (Å²) in [6.07, 6.45) is 1.10. The highest BCUT2D eigenvalue weighted by Gasteiger charge is 2.21. The molecule has 1 aliphatic carbocycles. The maximum Gasteiger partial charge on any atom is 0.0518 e. The Balaban J connectivity index is 2.34. The maximum atomic E-state index is 2.30. The van der Waals surface area contributed by atoms with Gasteiger partial charge in [0.25, 0.3) is 0 Å². The lowest BCUT2D eigenvalue weighted by Gasteiger charge is -2.04. The van der Waals surface area contributed by atoms with Crippen LogP contribution in [-0.4, -0.2) is 4.57 Å². The number of benzene rings is 1. The van der Waals surface area contributed by atoms with Crippen LogP contribution >= 0.6 is 0 Å². The summed E-state index contributed by atoms with van der Waals surface area (Å²) in [6, 6.07) is 11.0. The van der Waals surface area contributed by atoms with Gasteiger partial charge in [-0.25, -0.2) is 0 Å². The molecule has 0 N–H and O–H groups in total. The first-order valence-corrected chi connectivity index (χ1v) is 5.01. The SMILES string of the molecule is Cc1cc2c(n1C)-c1ccccc1C2. The van der Waals surface area contributed by atoms with E-state index >= 15 is 0 Å². The molecule has 0 radical (unpaired) electrons. The van der Waals surface area contributed by atoms with Crippen molar-refractivity contribution < 1.29 is 0 Å². The van der Waals surface area contributed by atoms with Gasteiger partial charge in [-0.15, -0.1) is 0 Å². The normalized spacial score (nSPS) is 12.7. The molecule has 2 aromatic rings. The fraction of sp³-hybridized carbons (Fsp3) is 0.231. The molecule has 0 fully saturated rings. The van der Waals surface area contributed by atoms with Crippen molar-refractivity contribution in [2.24, 2.45) is 7.05 Å². The van der Waals surface area contributed by atoms with Crippen LogP contribution in [0.5, 0.6) is 0 Å². The average Bonchev–Trinajstić information content (AvgIpc) is 2.65. The summed E-state index contributed by atoms with van der Waals surface area (Å²) in [6.45, 7) is 2.17. The van der Waals surface area contributed by atoms with E-state index in [0.29, 0.717) is 0 Å². The maximum absolute atomic E-state index is 2.30. The molecule has 1 heterocycles. The predicted molar refractivity (Wildman–Crippen MR) is 58.4 cm³/mol. The molecule has 0 atom stereocenters. The molecule has 1 aromatic heterocycles. The summed E-state index contributed by atoms with van der Waals surface area (Å²) in [7, 11) is 2.15. The number of aromatic nitrogens is 1. The Hall–Kier alpha value is -1.50. The molecule has 1 aromatic carbocycles. The summed E-state index contributed by atoms with van der Waals surface area (Å²) >= 11 is 0. The molecule has 0 amide bonds. The van der Waals surface area contributed by atoms with Crippen LogP contribution in [0, 0.1) is 6.92 Å². The van der Waals surface area contributed by atoms with E-state index < -0.39 is 0 Å². The first kappa shape index (κ1) is 7.86. The molecule has 3 rings (SSSR count). The van der Waals surface area contributed by atoms with E-state index in [2.05, 4.69) is 48.9 Å². The minimum Gasteiger partial charge on any atom is -0.348 e. The minimum atomic E-state index is 1.10. The third-order valence-corrected chi connectivity index (χ3v) is 3.21. The average molecular weight is 183 g/mol. The molecule has 0 bridgehead atoms. The van der Waals surface area contributed by atoms with Crippen LogP contribution in [0.3, 0.4) is 0 Å². The van der Waals surface area contributed by atoms with Gasteiger partial charge < -0.3 is 4.57 Å². The van der Waals surface area contributed by atoms with E-state index in [0.717, 1.165) is 6.42 Å². The highest BCUT2D eigenvalue weighted by molar-refractivity contribution is 5.74. The van der Waals surface area contributed by atoms with Gasteiger partial charge in [0.15, 0.2) is 0 Å². The smallest absolute Gasteiger partial charge is 0.0518 e. The van der Waals surface area contributed by atoms with Gasteiger partial charge >= 0.3 is 0 Å². The molecule has 0 saturated carbocycles. The summed E-state index contributed by atoms with van der Waals surface area (Å²) in [5.41, 5.74) is 7.13. The fourth-order valence-corrected chi connectivity index (χ4v) is 2.41. The van der Waals surface area contributed by atoms with Gasteiger partial charge in [-0.05, 0) is 24.1 Å². The number of aryl methyl sites for hydroxylation is 1. The highest BCUT2D eigenvalue weighted by Crippen LogP contribution is 2.37. The Morgan fingerprint density at radius 1 is 1.14 bits per heavy atom. The highest BCUT2D eigenvalue weighted by atomic mass is 15.0. The van der Waals surface area contributed by atoms with Gasteiger partial charge in [0.2, 0.25) is 0 Å². The van der Waals surface area contributed by atoms with Crippen molar-refractivity contribution in [1.82, 2.24) is 4.57 Å². The second kappa shape index (κ2) is 2.50. The lowest BCUT2D eigenvalue weighted by molar-refractivity contribution is 0.891. The Bertz CT molecular complexity index is 506. The molecular weight excluding hydrogens is 170 g/mol. The van der Waals surface area contributed by atoms with Crippen LogP contribution in [0.15, 0.2) is 30.3 Å². The van der Waals surface area contributed by atoms with Gasteiger partial charge in [-0.3, -0.25) is 0 Å². The first-order chi connectivity index (χ1) is 6.77. The van der Waals surface area contributed by atoms with E-state index in [1.54, 1.807) is 0 Å². The van der Waals surface area contributed by atoms with Crippen LogP contribution in [0.25, 0.3) is 11.3 Å². The van der Waals surface area contributed by atoms with Crippen molar-refractivity contribution in [3.63, 3.8) is 0 Å². The summed E-state index contributed by atoms with van der Waals surface area (Å²) in [5.74, 6) is 0. The number of hydrogen-bond acceptors (Lipinski definition) is 0. The Morgan fingerprint density at radius 2 is 1.93 bits per heavy atom. The Kier molecular flexibility index (Phi) is 1.41. The molecule has 1 aliphatic rings. The second-order valence-corrected chi connectivity index (χ2v) is 4.05. The van der Waals surface area contributed by atoms with Gasteiger partial charge in [0, 0.05) is 24.7 Å². The van der Waals surface area contributed by atoms with E-state index in [9.17, 15) is 0 Å². The third-order valence-electron chi connectivity index (χ3n) is 3.21. The lowest BCUT2D eigenvalue weighted by Crippen LogP contribution is -1.93. The van der Waals surface area contributed by atoms with Crippen molar-refractivity contribution in [3.05, 3.63) is 47.2 Å². The largest absolute Gasteiger partial charge is 0.348 e. The molecular formula is C13H13N. The van der Waals surface area contributed by atoms with Crippen molar-refractivity contribution in [3.8, 4) is 11.3 Å². The zero-order valence-corrected chi connectivity index (χ0v) is 8.54. The Labute approximate surface area is 84.0 Å². The van der Waals surface area contributed by atoms with Gasteiger partial charge in [-0.1, -0.05) is 24.3 Å². The summed E-state index contributed by atoms with van der Waals surface area (Å²) in [5, 5.41) is 0. The number of rotatable bonds is 0. The van der Waals surface area contributed by atoms with Crippen LogP contribution in [0.4, 0.5) is 0 Å². The van der Waals surface area contributed by atoms with Crippen LogP contribution in [-0.2, 0) is 13.5 Å². The summed E-state index contributed by atoms with van der Waals surface area (Å²) in [4.78, 5) is 0. The molecule has 0 saturated heterocycles. The van der Waals surface area contributed by atoms with Gasteiger partial charge in [-0.2, -0.15) is 0 Å². The van der Waals surface area contributed by atoms with Crippen molar-refractivity contribution >= 4 is 0 Å². The molecule has 14 heavy (non-hydrogen) atoms. The Morgan fingerprint density at radius 3 is 2.79 bits per heavy atom. The molecule has 0 aliphatic heterocycles. The van der Waals surface area contributed by atoms with Crippen molar-refractivity contribution in [2.75, 3.05) is 0 Å². The van der Waals surface area contributed by atoms with E-state index in [-0.39, 0.29) is 0 Å².